The van der Waals surface area contributed by atoms with Crippen molar-refractivity contribution in [2.24, 2.45) is 0 Å². The predicted molar refractivity (Wildman–Crippen MR) is 61.5 cm³/mol. The van der Waals surface area contributed by atoms with Crippen molar-refractivity contribution in [1.82, 2.24) is 9.80 Å². The quantitative estimate of drug-likeness (QED) is 0.753. The zero-order valence-electron chi connectivity index (χ0n) is 9.91. The topological polar surface area (TPSA) is 26.7 Å². The molecule has 0 aromatic rings. The first-order valence-corrected chi connectivity index (χ1v) is 6.44. The number of likely N-dealkylation sites (tertiary alicyclic amines) is 2. The summed E-state index contributed by atoms with van der Waals surface area (Å²) in [6.07, 6.45) is 7.61. The van der Waals surface area contributed by atoms with E-state index >= 15 is 0 Å². The average Bonchev–Trinajstić information content (AvgIpc) is 2.31. The molecule has 0 amide bonds. The largest absolute Gasteiger partial charge is 0.363 e. The van der Waals surface area contributed by atoms with Gasteiger partial charge in [0.1, 0.15) is 0 Å². The van der Waals surface area contributed by atoms with Crippen molar-refractivity contribution in [1.29, 1.82) is 0 Å². The van der Waals surface area contributed by atoms with Gasteiger partial charge in [-0.2, -0.15) is 0 Å². The molecule has 0 spiro atoms. The first-order valence-electron chi connectivity index (χ1n) is 6.44. The van der Waals surface area contributed by atoms with Crippen LogP contribution in [-0.2, 0) is 0 Å². The molecule has 0 aromatic heterocycles. The highest BCUT2D eigenvalue weighted by Gasteiger charge is 2.36. The summed E-state index contributed by atoms with van der Waals surface area (Å²) in [5.74, 6) is -0.694. The number of aliphatic hydroxyl groups is 1. The molecule has 2 aliphatic rings. The van der Waals surface area contributed by atoms with Gasteiger partial charge in [-0.05, 0) is 32.6 Å². The van der Waals surface area contributed by atoms with Gasteiger partial charge < -0.3 is 5.11 Å². The summed E-state index contributed by atoms with van der Waals surface area (Å²) in [5, 5.41) is 10.6. The van der Waals surface area contributed by atoms with E-state index in [1.807, 2.05) is 6.92 Å². The number of hydrogen-bond acceptors (Lipinski definition) is 3. The summed E-state index contributed by atoms with van der Waals surface area (Å²) in [4.78, 5) is 4.50. The fraction of sp³-hybridized carbons (Fsp3) is 1.00. The van der Waals surface area contributed by atoms with Crippen LogP contribution in [0.1, 0.15) is 45.4 Å². The monoisotopic (exact) mass is 212 g/mol. The van der Waals surface area contributed by atoms with E-state index in [4.69, 9.17) is 0 Å². The highest BCUT2D eigenvalue weighted by atomic mass is 16.3. The van der Waals surface area contributed by atoms with Gasteiger partial charge in [-0.25, -0.2) is 0 Å². The molecule has 0 aromatic carbocycles. The van der Waals surface area contributed by atoms with E-state index in [0.29, 0.717) is 0 Å². The number of nitrogens with zero attached hydrogens (tertiary/aromatic N) is 2. The van der Waals surface area contributed by atoms with Gasteiger partial charge in [0.25, 0.3) is 0 Å². The normalized spacial score (nSPS) is 26.8. The molecular formula is C12H24N2O. The highest BCUT2D eigenvalue weighted by Crippen LogP contribution is 2.25. The molecule has 1 N–H and O–H groups in total. The average molecular weight is 212 g/mol. The first kappa shape index (κ1) is 11.4. The fourth-order valence-corrected chi connectivity index (χ4v) is 2.84. The molecule has 3 nitrogen and oxygen atoms in total. The van der Waals surface area contributed by atoms with Crippen molar-refractivity contribution in [3.8, 4) is 0 Å². The minimum absolute atomic E-state index is 0.694. The van der Waals surface area contributed by atoms with Gasteiger partial charge in [0, 0.05) is 26.2 Å². The van der Waals surface area contributed by atoms with E-state index in [1.165, 1.54) is 38.5 Å². The molecular weight excluding hydrogens is 188 g/mol. The minimum atomic E-state index is -0.694. The fourth-order valence-electron chi connectivity index (χ4n) is 2.84. The van der Waals surface area contributed by atoms with Crippen LogP contribution in [0, 0.1) is 0 Å². The van der Waals surface area contributed by atoms with E-state index < -0.39 is 5.85 Å². The van der Waals surface area contributed by atoms with Crippen molar-refractivity contribution in [2.45, 2.75) is 51.3 Å². The minimum Gasteiger partial charge on any atom is -0.363 e. The van der Waals surface area contributed by atoms with Crippen LogP contribution in [0.2, 0.25) is 0 Å². The molecule has 2 fully saturated rings. The zero-order chi connectivity index (χ0) is 10.7. The lowest BCUT2D eigenvalue weighted by atomic mass is 10.1. The second-order valence-electron chi connectivity index (χ2n) is 5.07. The lowest BCUT2D eigenvalue weighted by Gasteiger charge is -2.47. The number of hydrogen-bond donors (Lipinski definition) is 1. The summed E-state index contributed by atoms with van der Waals surface area (Å²) in [7, 11) is 0. The second kappa shape index (κ2) is 4.81. The van der Waals surface area contributed by atoms with Gasteiger partial charge in [0.05, 0.1) is 0 Å². The number of rotatable bonds is 2. The molecule has 0 saturated carbocycles. The Hall–Kier alpha value is -0.120. The summed E-state index contributed by atoms with van der Waals surface area (Å²) in [5.41, 5.74) is 0. The van der Waals surface area contributed by atoms with Crippen LogP contribution in [0.4, 0.5) is 0 Å². The van der Waals surface area contributed by atoms with Crippen molar-refractivity contribution in [2.75, 3.05) is 26.2 Å². The first-order chi connectivity index (χ1) is 7.21. The highest BCUT2D eigenvalue weighted by molar-refractivity contribution is 4.80. The van der Waals surface area contributed by atoms with Gasteiger partial charge in [-0.1, -0.05) is 12.8 Å². The lowest BCUT2D eigenvalue weighted by Crippen LogP contribution is -2.61. The molecule has 0 atom stereocenters. The van der Waals surface area contributed by atoms with Crippen LogP contribution >= 0.6 is 0 Å². The third-order valence-corrected chi connectivity index (χ3v) is 3.91. The molecule has 0 bridgehead atoms. The molecule has 2 saturated heterocycles. The predicted octanol–water partition coefficient (Wildman–Crippen LogP) is 1.62. The third kappa shape index (κ3) is 2.52. The maximum absolute atomic E-state index is 10.6. The Labute approximate surface area is 93.1 Å². The summed E-state index contributed by atoms with van der Waals surface area (Å²) in [6, 6.07) is 0. The maximum atomic E-state index is 10.6. The van der Waals surface area contributed by atoms with Crippen molar-refractivity contribution >= 4 is 0 Å². The standard InChI is InChI=1S/C12H24N2O/c1-12(15,13-8-4-2-5-9-13)14-10-6-3-7-11-14/h15H,2-11H2,1H3. The van der Waals surface area contributed by atoms with E-state index in [1.54, 1.807) is 0 Å². The van der Waals surface area contributed by atoms with Gasteiger partial charge >= 0.3 is 0 Å². The molecule has 2 heterocycles. The van der Waals surface area contributed by atoms with E-state index in [2.05, 4.69) is 9.80 Å². The second-order valence-corrected chi connectivity index (χ2v) is 5.07. The Morgan fingerprint density at radius 3 is 1.40 bits per heavy atom. The van der Waals surface area contributed by atoms with Gasteiger partial charge in [-0.15, -0.1) is 0 Å². The molecule has 2 aliphatic heterocycles. The van der Waals surface area contributed by atoms with E-state index in [9.17, 15) is 5.11 Å². The van der Waals surface area contributed by atoms with Crippen LogP contribution in [0.25, 0.3) is 0 Å². The van der Waals surface area contributed by atoms with Crippen LogP contribution in [0.3, 0.4) is 0 Å². The van der Waals surface area contributed by atoms with Crippen LogP contribution in [-0.4, -0.2) is 46.9 Å². The van der Waals surface area contributed by atoms with E-state index in [0.717, 1.165) is 26.2 Å². The van der Waals surface area contributed by atoms with Crippen LogP contribution < -0.4 is 0 Å². The molecule has 88 valence electrons. The third-order valence-electron chi connectivity index (χ3n) is 3.91. The Kier molecular flexibility index (Phi) is 3.65. The zero-order valence-corrected chi connectivity index (χ0v) is 9.91. The molecule has 0 radical (unpaired) electrons. The molecule has 2 rings (SSSR count). The van der Waals surface area contributed by atoms with Crippen molar-refractivity contribution in [3.63, 3.8) is 0 Å². The van der Waals surface area contributed by atoms with Crippen LogP contribution in [0.15, 0.2) is 0 Å². The summed E-state index contributed by atoms with van der Waals surface area (Å²) >= 11 is 0. The lowest BCUT2D eigenvalue weighted by molar-refractivity contribution is -0.212. The smallest absolute Gasteiger partial charge is 0.173 e. The Balaban J connectivity index is 1.96. The van der Waals surface area contributed by atoms with Gasteiger partial charge in [-0.3, -0.25) is 9.80 Å². The van der Waals surface area contributed by atoms with Crippen molar-refractivity contribution in [3.05, 3.63) is 0 Å². The van der Waals surface area contributed by atoms with Gasteiger partial charge in [0.2, 0.25) is 0 Å². The summed E-state index contributed by atoms with van der Waals surface area (Å²) in [6.45, 7) is 6.21. The molecule has 0 unspecified atom stereocenters. The van der Waals surface area contributed by atoms with Crippen LogP contribution in [0.5, 0.6) is 0 Å². The maximum Gasteiger partial charge on any atom is 0.173 e. The molecule has 3 heteroatoms. The Morgan fingerprint density at radius 2 is 1.07 bits per heavy atom. The molecule has 0 aliphatic carbocycles. The number of piperidine rings is 2. The van der Waals surface area contributed by atoms with Crippen molar-refractivity contribution < 1.29 is 5.11 Å². The van der Waals surface area contributed by atoms with E-state index in [-0.39, 0.29) is 0 Å². The summed E-state index contributed by atoms with van der Waals surface area (Å²) < 4.78 is 0. The van der Waals surface area contributed by atoms with Gasteiger partial charge in [0.15, 0.2) is 5.85 Å². The Morgan fingerprint density at radius 1 is 0.733 bits per heavy atom. The SMILES string of the molecule is CC(O)(N1CCCCC1)N1CCCCC1. The Bertz CT molecular complexity index is 174. The molecule has 15 heavy (non-hydrogen) atoms.